The molecule has 0 amide bonds. The van der Waals surface area contributed by atoms with Crippen LogP contribution in [0, 0.1) is 13.8 Å². The molecule has 0 bridgehead atoms. The average Bonchev–Trinajstić information content (AvgIpc) is 2.40. The minimum atomic E-state index is -2.76. The van der Waals surface area contributed by atoms with Gasteiger partial charge in [-0.2, -0.15) is 0 Å². The molecule has 0 saturated carbocycles. The van der Waals surface area contributed by atoms with Crippen LogP contribution in [0.5, 0.6) is 0 Å². The highest BCUT2D eigenvalue weighted by Crippen LogP contribution is 2.27. The highest BCUT2D eigenvalue weighted by molar-refractivity contribution is 5.31. The Bertz CT molecular complexity index is 577. The van der Waals surface area contributed by atoms with E-state index in [1.807, 2.05) is 0 Å². The van der Waals surface area contributed by atoms with E-state index in [0.717, 1.165) is 25.3 Å². The Hall–Kier alpha value is -1.70. The van der Waals surface area contributed by atoms with Crippen molar-refractivity contribution >= 4 is 0 Å². The van der Waals surface area contributed by atoms with E-state index in [0.29, 0.717) is 0 Å². The lowest BCUT2D eigenvalue weighted by Crippen LogP contribution is -2.06. The van der Waals surface area contributed by atoms with Crippen molar-refractivity contribution in [2.24, 2.45) is 0 Å². The second-order valence-corrected chi connectivity index (χ2v) is 5.50. The van der Waals surface area contributed by atoms with Crippen molar-refractivity contribution in [3.05, 3.63) is 70.3 Å². The summed E-state index contributed by atoms with van der Waals surface area (Å²) in [5, 5.41) is 0. The summed E-state index contributed by atoms with van der Waals surface area (Å²) in [6.45, 7) is 5.14. The molecule has 0 radical (unpaired) electrons. The zero-order valence-corrected chi connectivity index (χ0v) is 12.2. The number of aryl methyl sites for hydroxylation is 4. The Labute approximate surface area is 119 Å². The molecule has 0 aromatic heterocycles. The molecule has 0 fully saturated rings. The van der Waals surface area contributed by atoms with Gasteiger partial charge in [0.2, 0.25) is 0 Å². The van der Waals surface area contributed by atoms with Crippen LogP contribution in [-0.2, 0) is 18.8 Å². The maximum absolute atomic E-state index is 13.1. The van der Waals surface area contributed by atoms with Gasteiger partial charge in [-0.05, 0) is 48.9 Å². The molecule has 0 spiro atoms. The molecule has 0 aliphatic heterocycles. The zero-order chi connectivity index (χ0) is 14.8. The van der Waals surface area contributed by atoms with Gasteiger partial charge in [0.25, 0.3) is 5.92 Å². The highest BCUT2D eigenvalue weighted by Gasteiger charge is 2.23. The SMILES string of the molecule is Cc1ccc(CCc2ccc(C(C)(F)F)cc2)cc1C. The molecular formula is C18H20F2. The van der Waals surface area contributed by atoms with Crippen LogP contribution in [-0.4, -0.2) is 0 Å². The van der Waals surface area contributed by atoms with Gasteiger partial charge in [-0.1, -0.05) is 42.5 Å². The van der Waals surface area contributed by atoms with Crippen LogP contribution in [0.15, 0.2) is 42.5 Å². The highest BCUT2D eigenvalue weighted by atomic mass is 19.3. The van der Waals surface area contributed by atoms with Gasteiger partial charge in [-0.25, -0.2) is 8.78 Å². The monoisotopic (exact) mass is 274 g/mol. The third-order valence-electron chi connectivity index (χ3n) is 3.73. The van der Waals surface area contributed by atoms with Crippen molar-refractivity contribution in [2.75, 3.05) is 0 Å². The fourth-order valence-electron chi connectivity index (χ4n) is 2.21. The molecule has 0 nitrogen and oxygen atoms in total. The van der Waals surface area contributed by atoms with Crippen molar-refractivity contribution < 1.29 is 8.78 Å². The number of hydrogen-bond acceptors (Lipinski definition) is 0. The summed E-state index contributed by atoms with van der Waals surface area (Å²) in [6, 6.07) is 13.1. The normalized spacial score (nSPS) is 11.7. The molecule has 2 aromatic carbocycles. The van der Waals surface area contributed by atoms with E-state index >= 15 is 0 Å². The molecule has 0 aliphatic rings. The van der Waals surface area contributed by atoms with Crippen LogP contribution in [0.4, 0.5) is 8.78 Å². The quantitative estimate of drug-likeness (QED) is 0.718. The standard InChI is InChI=1S/C18H20F2/c1-13-4-5-16(12-14(13)2)7-6-15-8-10-17(11-9-15)18(3,19)20/h4-5,8-12H,6-7H2,1-3H3. The Morgan fingerprint density at radius 3 is 1.90 bits per heavy atom. The minimum absolute atomic E-state index is 0.0763. The summed E-state index contributed by atoms with van der Waals surface area (Å²) in [4.78, 5) is 0. The fourth-order valence-corrected chi connectivity index (χ4v) is 2.21. The molecule has 20 heavy (non-hydrogen) atoms. The first-order valence-corrected chi connectivity index (χ1v) is 6.89. The van der Waals surface area contributed by atoms with Crippen LogP contribution in [0.3, 0.4) is 0 Å². The summed E-state index contributed by atoms with van der Waals surface area (Å²) < 4.78 is 26.2. The first-order chi connectivity index (χ1) is 9.36. The van der Waals surface area contributed by atoms with Gasteiger partial charge in [0.15, 0.2) is 0 Å². The lowest BCUT2D eigenvalue weighted by molar-refractivity contribution is 0.0174. The largest absolute Gasteiger partial charge is 0.270 e. The van der Waals surface area contributed by atoms with Crippen LogP contribution in [0.25, 0.3) is 0 Å². The first-order valence-electron chi connectivity index (χ1n) is 6.89. The molecule has 2 aromatic rings. The van der Waals surface area contributed by atoms with Crippen molar-refractivity contribution in [3.8, 4) is 0 Å². The van der Waals surface area contributed by atoms with E-state index in [9.17, 15) is 8.78 Å². The minimum Gasteiger partial charge on any atom is -0.202 e. The van der Waals surface area contributed by atoms with Gasteiger partial charge in [0.1, 0.15) is 0 Å². The van der Waals surface area contributed by atoms with Gasteiger partial charge in [-0.3, -0.25) is 0 Å². The van der Waals surface area contributed by atoms with Crippen molar-refractivity contribution in [1.29, 1.82) is 0 Å². The van der Waals surface area contributed by atoms with Gasteiger partial charge in [-0.15, -0.1) is 0 Å². The lowest BCUT2D eigenvalue weighted by atomic mass is 9.99. The number of rotatable bonds is 4. The Morgan fingerprint density at radius 1 is 0.800 bits per heavy atom. The predicted octanol–water partition coefficient (Wildman–Crippen LogP) is 5.20. The van der Waals surface area contributed by atoms with Crippen molar-refractivity contribution in [1.82, 2.24) is 0 Å². The second-order valence-electron chi connectivity index (χ2n) is 5.50. The summed E-state index contributed by atoms with van der Waals surface area (Å²) in [7, 11) is 0. The molecular weight excluding hydrogens is 254 g/mol. The number of benzene rings is 2. The molecule has 2 heteroatoms. The maximum Gasteiger partial charge on any atom is 0.270 e. The molecule has 0 saturated heterocycles. The number of alkyl halides is 2. The smallest absolute Gasteiger partial charge is 0.202 e. The molecule has 0 aliphatic carbocycles. The van der Waals surface area contributed by atoms with Gasteiger partial charge >= 0.3 is 0 Å². The van der Waals surface area contributed by atoms with E-state index in [1.165, 1.54) is 28.8 Å². The van der Waals surface area contributed by atoms with Crippen molar-refractivity contribution in [3.63, 3.8) is 0 Å². The third kappa shape index (κ3) is 3.66. The molecule has 2 rings (SSSR count). The van der Waals surface area contributed by atoms with Gasteiger partial charge in [0, 0.05) is 12.5 Å². The van der Waals surface area contributed by atoms with E-state index in [-0.39, 0.29) is 5.56 Å². The molecule has 0 unspecified atom stereocenters. The van der Waals surface area contributed by atoms with E-state index < -0.39 is 5.92 Å². The van der Waals surface area contributed by atoms with E-state index in [2.05, 4.69) is 32.0 Å². The lowest BCUT2D eigenvalue weighted by Gasteiger charge is -2.11. The Morgan fingerprint density at radius 2 is 1.35 bits per heavy atom. The van der Waals surface area contributed by atoms with Crippen LogP contribution in [0.1, 0.15) is 34.7 Å². The summed E-state index contributed by atoms with van der Waals surface area (Å²) in [5.41, 5.74) is 5.05. The van der Waals surface area contributed by atoms with E-state index in [1.54, 1.807) is 12.1 Å². The third-order valence-corrected chi connectivity index (χ3v) is 3.73. The maximum atomic E-state index is 13.1. The molecule has 106 valence electrons. The van der Waals surface area contributed by atoms with Crippen LogP contribution in [0.2, 0.25) is 0 Å². The van der Waals surface area contributed by atoms with E-state index in [4.69, 9.17) is 0 Å². The number of hydrogen-bond donors (Lipinski definition) is 0. The van der Waals surface area contributed by atoms with Crippen LogP contribution >= 0.6 is 0 Å². The molecule has 0 heterocycles. The topological polar surface area (TPSA) is 0 Å². The first kappa shape index (κ1) is 14.7. The number of halogens is 2. The second kappa shape index (κ2) is 5.74. The summed E-state index contributed by atoms with van der Waals surface area (Å²) in [6.07, 6.45) is 1.81. The van der Waals surface area contributed by atoms with Crippen LogP contribution < -0.4 is 0 Å². The van der Waals surface area contributed by atoms with Gasteiger partial charge < -0.3 is 0 Å². The zero-order valence-electron chi connectivity index (χ0n) is 12.2. The van der Waals surface area contributed by atoms with Crippen molar-refractivity contribution in [2.45, 2.75) is 39.5 Å². The summed E-state index contributed by atoms with van der Waals surface area (Å²) in [5.74, 6) is -2.76. The fraction of sp³-hybridized carbons (Fsp3) is 0.333. The van der Waals surface area contributed by atoms with Gasteiger partial charge in [0.05, 0.1) is 0 Å². The average molecular weight is 274 g/mol. The molecule has 0 atom stereocenters. The predicted molar refractivity (Wildman–Crippen MR) is 79.3 cm³/mol. The Balaban J connectivity index is 2.02. The Kier molecular flexibility index (Phi) is 4.22. The molecule has 0 N–H and O–H groups in total. The summed E-state index contributed by atoms with van der Waals surface area (Å²) >= 11 is 0.